The van der Waals surface area contributed by atoms with Crippen molar-refractivity contribution in [2.75, 3.05) is 13.2 Å². The van der Waals surface area contributed by atoms with Gasteiger partial charge in [0.15, 0.2) is 39.4 Å². The minimum Gasteiger partial charge on any atom is -0.482 e. The van der Waals surface area contributed by atoms with Crippen LogP contribution < -0.4 is 9.47 Å². The Morgan fingerprint density at radius 2 is 1.28 bits per heavy atom. The van der Waals surface area contributed by atoms with E-state index < -0.39 is 7.25 Å². The molecule has 2 heterocycles. The lowest BCUT2D eigenvalue weighted by atomic mass is 10.2. The second kappa shape index (κ2) is 9.11. The average Bonchev–Trinajstić information content (AvgIpc) is 2.92. The van der Waals surface area contributed by atoms with E-state index in [4.69, 9.17) is 9.47 Å². The molecule has 0 radical (unpaired) electrons. The van der Waals surface area contributed by atoms with Crippen molar-refractivity contribution >= 4 is 35.7 Å². The second-order valence-electron chi connectivity index (χ2n) is 6.98. The first-order valence-corrected chi connectivity index (χ1v) is 11.6. The van der Waals surface area contributed by atoms with E-state index in [1.165, 1.54) is 24.5 Å². The van der Waals surface area contributed by atoms with Crippen molar-refractivity contribution in [1.82, 2.24) is 0 Å². The van der Waals surface area contributed by atoms with Crippen molar-refractivity contribution < 1.29 is 31.5 Å². The lowest BCUT2D eigenvalue weighted by Crippen LogP contribution is -2.15. The minimum atomic E-state index is -6.00. The van der Waals surface area contributed by atoms with E-state index in [0.29, 0.717) is 11.5 Å². The molecule has 5 rings (SSSR count). The molecule has 0 amide bonds. The molecule has 0 unspecified atom stereocenters. The molecule has 0 bridgehead atoms. The summed E-state index contributed by atoms with van der Waals surface area (Å²) in [5.74, 6) is 1.26. The SMILES string of the molecule is Cc1cc2c(cc1[S+]1c3ccccc3Sc3ccccc31)OCC(=O)CO2.F[B-](F)(F)F. The predicted molar refractivity (Wildman–Crippen MR) is 117 cm³/mol. The number of benzene rings is 3. The first-order chi connectivity index (χ1) is 15.2. The molecule has 0 atom stereocenters. The van der Waals surface area contributed by atoms with Gasteiger partial charge in [-0.1, -0.05) is 36.0 Å². The second-order valence-corrected chi connectivity index (χ2v) is 9.99. The Kier molecular flexibility index (Phi) is 6.44. The molecule has 0 saturated carbocycles. The number of halogens is 4. The van der Waals surface area contributed by atoms with E-state index >= 15 is 0 Å². The highest BCUT2D eigenvalue weighted by atomic mass is 32.2. The summed E-state index contributed by atoms with van der Waals surface area (Å²) in [4.78, 5) is 18.2. The number of hydrogen-bond acceptors (Lipinski definition) is 4. The fourth-order valence-corrected chi connectivity index (χ4v) is 7.23. The van der Waals surface area contributed by atoms with Gasteiger partial charge in [0, 0.05) is 11.6 Å². The number of rotatable bonds is 1. The minimum absolute atomic E-state index is 0.0439. The first kappa shape index (κ1) is 22.6. The van der Waals surface area contributed by atoms with Crippen LogP contribution in [0.2, 0.25) is 0 Å². The molecule has 32 heavy (non-hydrogen) atoms. The number of fused-ring (bicyclic) bond motifs is 3. The van der Waals surface area contributed by atoms with Crippen molar-refractivity contribution in [3.05, 3.63) is 66.2 Å². The van der Waals surface area contributed by atoms with Crippen molar-refractivity contribution in [2.24, 2.45) is 0 Å². The van der Waals surface area contributed by atoms with Crippen molar-refractivity contribution in [3.63, 3.8) is 0 Å². The number of carbonyl (C=O) groups is 1. The maximum atomic E-state index is 11.7. The molecule has 0 aromatic heterocycles. The Labute approximate surface area is 189 Å². The van der Waals surface area contributed by atoms with Crippen LogP contribution in [0, 0.1) is 6.92 Å². The van der Waals surface area contributed by atoms with Gasteiger partial charge in [-0.05, 0) is 37.3 Å². The van der Waals surface area contributed by atoms with E-state index in [9.17, 15) is 22.1 Å². The molecule has 10 heteroatoms. The van der Waals surface area contributed by atoms with Crippen LogP contribution in [0.5, 0.6) is 11.5 Å². The summed E-state index contributed by atoms with van der Waals surface area (Å²) < 4.78 is 50.4. The fourth-order valence-electron chi connectivity index (χ4n) is 3.33. The highest BCUT2D eigenvalue weighted by Gasteiger charge is 2.39. The van der Waals surface area contributed by atoms with Gasteiger partial charge in [-0.15, -0.1) is 0 Å². The number of aryl methyl sites for hydroxylation is 1. The lowest BCUT2D eigenvalue weighted by Gasteiger charge is -2.20. The number of hydrogen-bond donors (Lipinski definition) is 0. The molecule has 3 aromatic carbocycles. The highest BCUT2D eigenvalue weighted by molar-refractivity contribution is 8.04. The summed E-state index contributed by atoms with van der Waals surface area (Å²) in [5, 5.41) is 0. The molecule has 2 aliphatic rings. The summed E-state index contributed by atoms with van der Waals surface area (Å²) in [6.45, 7) is 2.23. The Morgan fingerprint density at radius 3 is 1.81 bits per heavy atom. The summed E-state index contributed by atoms with van der Waals surface area (Å²) >= 11 is 1.83. The molecule has 0 aliphatic carbocycles. The largest absolute Gasteiger partial charge is 0.673 e. The van der Waals surface area contributed by atoms with Gasteiger partial charge < -0.3 is 26.7 Å². The van der Waals surface area contributed by atoms with Crippen molar-refractivity contribution in [1.29, 1.82) is 0 Å². The van der Waals surface area contributed by atoms with Crippen LogP contribution in [0.4, 0.5) is 17.3 Å². The van der Waals surface area contributed by atoms with Crippen LogP contribution in [0.15, 0.2) is 85.1 Å². The van der Waals surface area contributed by atoms with Gasteiger partial charge in [-0.2, -0.15) is 0 Å². The number of Topliss-reactive ketones (excluding diaryl/α,β-unsaturated/α-hetero) is 1. The van der Waals surface area contributed by atoms with Gasteiger partial charge in [-0.3, -0.25) is 4.79 Å². The zero-order valence-electron chi connectivity index (χ0n) is 16.8. The molecule has 0 fully saturated rings. The third kappa shape index (κ3) is 5.07. The Hall–Kier alpha value is -2.59. The summed E-state index contributed by atoms with van der Waals surface area (Å²) in [6.07, 6.45) is 0. The molecule has 2 aliphatic heterocycles. The monoisotopic (exact) mass is 480 g/mol. The van der Waals surface area contributed by atoms with Crippen LogP contribution in [-0.4, -0.2) is 26.3 Å². The van der Waals surface area contributed by atoms with Gasteiger partial charge in [0.1, 0.15) is 10.9 Å². The number of ketones is 1. The zero-order valence-corrected chi connectivity index (χ0v) is 18.5. The summed E-state index contributed by atoms with van der Waals surface area (Å²) in [7, 11) is -6.22. The Morgan fingerprint density at radius 1 is 0.812 bits per heavy atom. The molecule has 0 N–H and O–H groups in total. The first-order valence-electron chi connectivity index (χ1n) is 9.60. The van der Waals surface area contributed by atoms with Gasteiger partial charge in [0.05, 0.1) is 9.79 Å². The Bertz CT molecular complexity index is 1120. The third-order valence-corrected chi connectivity index (χ3v) is 8.48. The van der Waals surface area contributed by atoms with E-state index in [2.05, 4.69) is 61.5 Å². The molecule has 3 aromatic rings. The molecular formula is C22H17BF4O3S2. The van der Waals surface area contributed by atoms with Crippen molar-refractivity contribution in [3.8, 4) is 11.5 Å². The van der Waals surface area contributed by atoms with E-state index in [1.807, 2.05) is 17.8 Å². The van der Waals surface area contributed by atoms with Gasteiger partial charge in [0.2, 0.25) is 5.78 Å². The molecule has 3 nitrogen and oxygen atoms in total. The van der Waals surface area contributed by atoms with Crippen LogP contribution in [0.25, 0.3) is 0 Å². The van der Waals surface area contributed by atoms with E-state index in [-0.39, 0.29) is 29.9 Å². The molecule has 0 spiro atoms. The maximum Gasteiger partial charge on any atom is 0.673 e. The van der Waals surface area contributed by atoms with Crippen LogP contribution in [0.1, 0.15) is 5.56 Å². The van der Waals surface area contributed by atoms with Gasteiger partial charge in [0.25, 0.3) is 0 Å². The van der Waals surface area contributed by atoms with E-state index in [1.54, 1.807) is 0 Å². The maximum absolute atomic E-state index is 11.7. The zero-order chi connectivity index (χ0) is 22.9. The number of ether oxygens (including phenoxy) is 2. The lowest BCUT2D eigenvalue weighted by molar-refractivity contribution is -0.122. The number of carbonyl (C=O) groups excluding carboxylic acids is 1. The standard InChI is InChI=1S/C22H17O3S2.BF4/c1-14-10-16-17(25-13-15(23)12-24-16)11-22(14)27-20-8-4-2-6-18(20)26-19-7-3-5-9-21(19)27;2-1(3,4)5/h2-11H,12-13H2,1H3;/q+1;-1. The molecule has 166 valence electrons. The van der Waals surface area contributed by atoms with E-state index in [0.717, 1.165) is 5.56 Å². The average molecular weight is 480 g/mol. The topological polar surface area (TPSA) is 35.5 Å². The fraction of sp³-hybridized carbons (Fsp3) is 0.136. The van der Waals surface area contributed by atoms with Crippen molar-refractivity contribution in [2.45, 2.75) is 31.4 Å². The smallest absolute Gasteiger partial charge is 0.482 e. The van der Waals surface area contributed by atoms with Gasteiger partial charge >= 0.3 is 7.25 Å². The predicted octanol–water partition coefficient (Wildman–Crippen LogP) is 6.20. The summed E-state index contributed by atoms with van der Waals surface area (Å²) in [6, 6.07) is 21.3. The molecular weight excluding hydrogens is 463 g/mol. The quantitative estimate of drug-likeness (QED) is 0.185. The normalized spacial score (nSPS) is 15.1. The van der Waals surface area contributed by atoms with Crippen LogP contribution in [-0.2, 0) is 15.7 Å². The van der Waals surface area contributed by atoms with Crippen LogP contribution >= 0.6 is 11.8 Å². The van der Waals surface area contributed by atoms with Gasteiger partial charge in [-0.25, -0.2) is 0 Å². The third-order valence-electron chi connectivity index (χ3n) is 4.60. The highest BCUT2D eigenvalue weighted by Crippen LogP contribution is 2.50. The molecule has 0 saturated heterocycles. The summed E-state index contributed by atoms with van der Waals surface area (Å²) in [5.41, 5.74) is 1.14. The Balaban J connectivity index is 0.000000444. The van der Waals surface area contributed by atoms with Crippen LogP contribution in [0.3, 0.4) is 0 Å².